The molecule has 0 aliphatic carbocycles. The van der Waals surface area contributed by atoms with Crippen LogP contribution in [-0.4, -0.2) is 11.4 Å². The van der Waals surface area contributed by atoms with Crippen LogP contribution in [0.5, 0.6) is 0 Å². The van der Waals surface area contributed by atoms with Gasteiger partial charge in [-0.2, -0.15) is 0 Å². The highest BCUT2D eigenvalue weighted by molar-refractivity contribution is 9.10. The Bertz CT molecular complexity index is 478. The molecule has 4 heteroatoms. The number of carbonyl (C=O) groups is 1. The van der Waals surface area contributed by atoms with Crippen LogP contribution < -0.4 is 5.32 Å². The monoisotopic (exact) mass is 345 g/mol. The molecule has 1 rings (SSSR count). The molecule has 0 saturated carbocycles. The van der Waals surface area contributed by atoms with Crippen LogP contribution in [0, 0.1) is 5.41 Å². The number of carbonyl (C=O) groups excluding carboxylic acids is 1. The van der Waals surface area contributed by atoms with E-state index in [2.05, 4.69) is 42.0 Å². The molecular formula is C15H21BrClNO. The summed E-state index contributed by atoms with van der Waals surface area (Å²) in [5, 5.41) is 3.69. The molecule has 2 nitrogen and oxygen atoms in total. The Labute approximate surface area is 129 Å². The minimum Gasteiger partial charge on any atom is -0.347 e. The van der Waals surface area contributed by atoms with Gasteiger partial charge < -0.3 is 5.32 Å². The molecule has 0 aliphatic heterocycles. The number of amides is 1. The van der Waals surface area contributed by atoms with Gasteiger partial charge in [-0.1, -0.05) is 32.4 Å². The number of nitrogens with one attached hydrogen (secondary N) is 1. The van der Waals surface area contributed by atoms with E-state index in [9.17, 15) is 4.79 Å². The van der Waals surface area contributed by atoms with E-state index in [0.29, 0.717) is 15.1 Å². The summed E-state index contributed by atoms with van der Waals surface area (Å²) in [6.45, 7) is 10.6. The summed E-state index contributed by atoms with van der Waals surface area (Å²) in [5.74, 6) is -0.0854. The van der Waals surface area contributed by atoms with Gasteiger partial charge in [0, 0.05) is 15.0 Å². The lowest BCUT2D eigenvalue weighted by Crippen LogP contribution is -2.45. The Morgan fingerprint density at radius 2 is 1.84 bits per heavy atom. The van der Waals surface area contributed by atoms with Gasteiger partial charge >= 0.3 is 0 Å². The fourth-order valence-corrected chi connectivity index (χ4v) is 3.28. The summed E-state index contributed by atoms with van der Waals surface area (Å²) in [7, 11) is 0. The van der Waals surface area contributed by atoms with Crippen LogP contribution in [0.4, 0.5) is 0 Å². The van der Waals surface area contributed by atoms with Crippen molar-refractivity contribution in [3.05, 3.63) is 33.3 Å². The van der Waals surface area contributed by atoms with Gasteiger partial charge in [0.15, 0.2) is 0 Å². The Kier molecular flexibility index (Phi) is 5.08. The molecule has 1 N–H and O–H groups in total. The second-order valence-corrected chi connectivity index (χ2v) is 7.99. The summed E-state index contributed by atoms with van der Waals surface area (Å²) in [6, 6.07) is 5.18. The maximum absolute atomic E-state index is 12.3. The SMILES string of the molecule is CC(C)(C)CC(C)(C)NC(=O)c1ccc(Cl)cc1Br. The molecule has 106 valence electrons. The zero-order valence-corrected chi connectivity index (χ0v) is 14.4. The molecule has 0 spiro atoms. The Hall–Kier alpha value is -0.540. The molecule has 0 unspecified atom stereocenters. The summed E-state index contributed by atoms with van der Waals surface area (Å²) in [4.78, 5) is 12.3. The van der Waals surface area contributed by atoms with Gasteiger partial charge in [0.05, 0.1) is 5.56 Å². The molecule has 1 aromatic carbocycles. The molecule has 0 saturated heterocycles. The molecule has 0 bridgehead atoms. The van der Waals surface area contributed by atoms with E-state index in [1.54, 1.807) is 18.2 Å². The zero-order valence-electron chi connectivity index (χ0n) is 12.1. The van der Waals surface area contributed by atoms with Crippen molar-refractivity contribution in [2.75, 3.05) is 0 Å². The van der Waals surface area contributed by atoms with Gasteiger partial charge in [-0.05, 0) is 59.8 Å². The maximum Gasteiger partial charge on any atom is 0.252 e. The fraction of sp³-hybridized carbons (Fsp3) is 0.533. The van der Waals surface area contributed by atoms with Crippen LogP contribution in [0.3, 0.4) is 0 Å². The quantitative estimate of drug-likeness (QED) is 0.815. The van der Waals surface area contributed by atoms with E-state index < -0.39 is 0 Å². The topological polar surface area (TPSA) is 29.1 Å². The molecule has 0 aromatic heterocycles. The van der Waals surface area contributed by atoms with Gasteiger partial charge in [-0.25, -0.2) is 0 Å². The van der Waals surface area contributed by atoms with Gasteiger partial charge in [0.1, 0.15) is 0 Å². The number of hydrogen-bond donors (Lipinski definition) is 1. The minimum absolute atomic E-state index is 0.0854. The van der Waals surface area contributed by atoms with Crippen LogP contribution >= 0.6 is 27.5 Å². The van der Waals surface area contributed by atoms with Crippen LogP contribution in [0.1, 0.15) is 51.4 Å². The van der Waals surface area contributed by atoms with Crippen molar-refractivity contribution in [2.24, 2.45) is 5.41 Å². The molecule has 0 radical (unpaired) electrons. The first-order chi connectivity index (χ1) is 8.50. The van der Waals surface area contributed by atoms with E-state index in [-0.39, 0.29) is 16.9 Å². The van der Waals surface area contributed by atoms with E-state index in [1.165, 1.54) is 0 Å². The van der Waals surface area contributed by atoms with Crippen molar-refractivity contribution in [3.8, 4) is 0 Å². The third-order valence-corrected chi connectivity index (χ3v) is 3.49. The molecule has 0 heterocycles. The first-order valence-corrected chi connectivity index (χ1v) is 7.45. The average Bonchev–Trinajstić information content (AvgIpc) is 2.11. The molecule has 0 fully saturated rings. The lowest BCUT2D eigenvalue weighted by atomic mass is 9.81. The normalized spacial score (nSPS) is 12.4. The predicted molar refractivity (Wildman–Crippen MR) is 84.8 cm³/mol. The largest absolute Gasteiger partial charge is 0.347 e. The second kappa shape index (κ2) is 5.84. The summed E-state index contributed by atoms with van der Waals surface area (Å²) in [6.07, 6.45) is 0.900. The smallest absolute Gasteiger partial charge is 0.252 e. The highest BCUT2D eigenvalue weighted by Gasteiger charge is 2.27. The predicted octanol–water partition coefficient (Wildman–Crippen LogP) is 5.05. The van der Waals surface area contributed by atoms with Gasteiger partial charge in [-0.3, -0.25) is 4.79 Å². The third-order valence-electron chi connectivity index (χ3n) is 2.60. The van der Waals surface area contributed by atoms with Crippen molar-refractivity contribution < 1.29 is 4.79 Å². The number of rotatable bonds is 3. The molecule has 0 aliphatic rings. The van der Waals surface area contributed by atoms with Crippen LogP contribution in [0.15, 0.2) is 22.7 Å². The highest BCUT2D eigenvalue weighted by atomic mass is 79.9. The fourth-order valence-electron chi connectivity index (χ4n) is 2.42. The standard InChI is InChI=1S/C15H21BrClNO/c1-14(2,3)9-15(4,5)18-13(19)11-7-6-10(17)8-12(11)16/h6-8H,9H2,1-5H3,(H,18,19). The Balaban J connectivity index is 2.84. The first kappa shape index (κ1) is 16.5. The third kappa shape index (κ3) is 5.53. The molecule has 1 amide bonds. The zero-order chi connectivity index (χ0) is 14.8. The maximum atomic E-state index is 12.3. The molecule has 1 aromatic rings. The van der Waals surface area contributed by atoms with E-state index in [1.807, 2.05) is 13.8 Å². The van der Waals surface area contributed by atoms with E-state index in [0.717, 1.165) is 6.42 Å². The van der Waals surface area contributed by atoms with Crippen molar-refractivity contribution in [2.45, 2.75) is 46.6 Å². The van der Waals surface area contributed by atoms with Crippen LogP contribution in [-0.2, 0) is 0 Å². The van der Waals surface area contributed by atoms with E-state index >= 15 is 0 Å². The number of halogens is 2. The van der Waals surface area contributed by atoms with Crippen molar-refractivity contribution in [1.82, 2.24) is 5.32 Å². The summed E-state index contributed by atoms with van der Waals surface area (Å²) < 4.78 is 0.712. The van der Waals surface area contributed by atoms with Gasteiger partial charge in [0.2, 0.25) is 0 Å². The Morgan fingerprint density at radius 3 is 2.32 bits per heavy atom. The number of hydrogen-bond acceptors (Lipinski definition) is 1. The second-order valence-electron chi connectivity index (χ2n) is 6.70. The van der Waals surface area contributed by atoms with Crippen molar-refractivity contribution in [3.63, 3.8) is 0 Å². The van der Waals surface area contributed by atoms with Crippen LogP contribution in [0.2, 0.25) is 5.02 Å². The molecular weight excluding hydrogens is 326 g/mol. The van der Waals surface area contributed by atoms with Gasteiger partial charge in [0.25, 0.3) is 5.91 Å². The highest BCUT2D eigenvalue weighted by Crippen LogP contribution is 2.28. The Morgan fingerprint density at radius 1 is 1.26 bits per heavy atom. The average molecular weight is 347 g/mol. The number of benzene rings is 1. The lowest BCUT2D eigenvalue weighted by Gasteiger charge is -2.33. The van der Waals surface area contributed by atoms with Crippen molar-refractivity contribution in [1.29, 1.82) is 0 Å². The van der Waals surface area contributed by atoms with Crippen LogP contribution in [0.25, 0.3) is 0 Å². The summed E-state index contributed by atoms with van der Waals surface area (Å²) >= 11 is 9.25. The van der Waals surface area contributed by atoms with Gasteiger partial charge in [-0.15, -0.1) is 0 Å². The summed E-state index contributed by atoms with van der Waals surface area (Å²) in [5.41, 5.74) is 0.508. The minimum atomic E-state index is -0.256. The lowest BCUT2D eigenvalue weighted by molar-refractivity contribution is 0.0890. The molecule has 0 atom stereocenters. The first-order valence-electron chi connectivity index (χ1n) is 6.28. The van der Waals surface area contributed by atoms with Crippen molar-refractivity contribution >= 4 is 33.4 Å². The molecule has 19 heavy (non-hydrogen) atoms. The van der Waals surface area contributed by atoms with E-state index in [4.69, 9.17) is 11.6 Å².